The molecule has 1 nitrogen and oxygen atoms in total. The van der Waals surface area contributed by atoms with Crippen LogP contribution in [0.3, 0.4) is 0 Å². The second-order valence-electron chi connectivity index (χ2n) is 4.28. The minimum atomic E-state index is -0.302. The predicted octanol–water partition coefficient (Wildman–Crippen LogP) is 4.44. The summed E-state index contributed by atoms with van der Waals surface area (Å²) in [7, 11) is 0. The second-order valence-corrected chi connectivity index (χ2v) is 5.57. The van der Waals surface area contributed by atoms with Gasteiger partial charge in [0.05, 0.1) is 0 Å². The van der Waals surface area contributed by atoms with Crippen LogP contribution in [-0.2, 0) is 6.42 Å². The molecule has 0 saturated carbocycles. The van der Waals surface area contributed by atoms with Gasteiger partial charge in [0.15, 0.2) is 0 Å². The molecule has 0 radical (unpaired) electrons. The Morgan fingerprint density at radius 3 is 2.47 bits per heavy atom. The van der Waals surface area contributed by atoms with Gasteiger partial charge in [-0.05, 0) is 42.5 Å². The largest absolute Gasteiger partial charge is 0.324 e. The zero-order valence-corrected chi connectivity index (χ0v) is 12.1. The maximum atomic E-state index is 13.7. The Kier molecular flexibility index (Phi) is 4.86. The molecule has 0 heterocycles. The first-order valence-corrected chi connectivity index (χ1v) is 7.54. The lowest BCUT2D eigenvalue weighted by Gasteiger charge is -2.14. The average molecular weight is 296 g/mol. The smallest absolute Gasteiger partial charge is 0.127 e. The molecule has 0 fully saturated rings. The second kappa shape index (κ2) is 6.42. The molecule has 0 aliphatic heterocycles. The van der Waals surface area contributed by atoms with Gasteiger partial charge in [0, 0.05) is 21.5 Å². The Balaban J connectivity index is 2.18. The van der Waals surface area contributed by atoms with Gasteiger partial charge in [-0.15, -0.1) is 11.8 Å². The SMILES string of the molecule is CSc1ccc(C(N)Cc2c(F)cccc2Cl)cc1. The van der Waals surface area contributed by atoms with Crippen LogP contribution in [0.5, 0.6) is 0 Å². The van der Waals surface area contributed by atoms with Gasteiger partial charge >= 0.3 is 0 Å². The molecule has 4 heteroatoms. The maximum absolute atomic E-state index is 13.7. The summed E-state index contributed by atoms with van der Waals surface area (Å²) >= 11 is 7.69. The van der Waals surface area contributed by atoms with E-state index in [-0.39, 0.29) is 11.9 Å². The fourth-order valence-corrected chi connectivity index (χ4v) is 2.56. The van der Waals surface area contributed by atoms with Gasteiger partial charge in [-0.1, -0.05) is 29.8 Å². The van der Waals surface area contributed by atoms with E-state index in [2.05, 4.69) is 0 Å². The van der Waals surface area contributed by atoms with Crippen molar-refractivity contribution in [2.24, 2.45) is 5.73 Å². The van der Waals surface area contributed by atoms with E-state index < -0.39 is 0 Å². The molecular formula is C15H15ClFNS. The zero-order chi connectivity index (χ0) is 13.8. The average Bonchev–Trinajstić information content (AvgIpc) is 2.43. The van der Waals surface area contributed by atoms with Crippen LogP contribution >= 0.6 is 23.4 Å². The van der Waals surface area contributed by atoms with E-state index in [1.165, 1.54) is 11.0 Å². The van der Waals surface area contributed by atoms with Crippen molar-refractivity contribution in [1.82, 2.24) is 0 Å². The molecule has 2 aromatic carbocycles. The lowest BCUT2D eigenvalue weighted by Crippen LogP contribution is -2.14. The van der Waals surface area contributed by atoms with E-state index in [0.29, 0.717) is 17.0 Å². The molecule has 0 aromatic heterocycles. The number of nitrogens with two attached hydrogens (primary N) is 1. The third-order valence-corrected chi connectivity index (χ3v) is 4.13. The molecule has 2 aromatic rings. The minimum Gasteiger partial charge on any atom is -0.324 e. The molecule has 0 spiro atoms. The molecular weight excluding hydrogens is 281 g/mol. The van der Waals surface area contributed by atoms with Crippen molar-refractivity contribution in [2.75, 3.05) is 6.26 Å². The number of thioether (sulfide) groups is 1. The molecule has 0 amide bonds. The fraction of sp³-hybridized carbons (Fsp3) is 0.200. The van der Waals surface area contributed by atoms with E-state index in [9.17, 15) is 4.39 Å². The van der Waals surface area contributed by atoms with Crippen LogP contribution < -0.4 is 5.73 Å². The summed E-state index contributed by atoms with van der Waals surface area (Å²) in [6.45, 7) is 0. The third kappa shape index (κ3) is 3.50. The highest BCUT2D eigenvalue weighted by Crippen LogP contribution is 2.25. The Hall–Kier alpha value is -1.03. The first kappa shape index (κ1) is 14.4. The molecule has 0 aliphatic carbocycles. The van der Waals surface area contributed by atoms with Gasteiger partial charge in [-0.2, -0.15) is 0 Å². The number of rotatable bonds is 4. The van der Waals surface area contributed by atoms with E-state index >= 15 is 0 Å². The van der Waals surface area contributed by atoms with E-state index in [1.54, 1.807) is 23.9 Å². The molecule has 0 aliphatic rings. The maximum Gasteiger partial charge on any atom is 0.127 e. The minimum absolute atomic E-state index is 0.259. The molecule has 1 unspecified atom stereocenters. The van der Waals surface area contributed by atoms with Gasteiger partial charge in [-0.25, -0.2) is 4.39 Å². The Morgan fingerprint density at radius 1 is 1.21 bits per heavy atom. The summed E-state index contributed by atoms with van der Waals surface area (Å²) in [6, 6.07) is 12.4. The van der Waals surface area contributed by atoms with Crippen LogP contribution in [0.25, 0.3) is 0 Å². The summed E-state index contributed by atoms with van der Waals surface area (Å²) in [5.74, 6) is -0.302. The van der Waals surface area contributed by atoms with Gasteiger partial charge in [-0.3, -0.25) is 0 Å². The van der Waals surface area contributed by atoms with Crippen LogP contribution in [0.1, 0.15) is 17.2 Å². The number of halogens is 2. The Labute approximate surface area is 122 Å². The van der Waals surface area contributed by atoms with Crippen molar-refractivity contribution in [3.05, 3.63) is 64.4 Å². The zero-order valence-electron chi connectivity index (χ0n) is 10.6. The van der Waals surface area contributed by atoms with Crippen molar-refractivity contribution in [3.63, 3.8) is 0 Å². The van der Waals surface area contributed by atoms with Gasteiger partial charge < -0.3 is 5.73 Å². The highest BCUT2D eigenvalue weighted by molar-refractivity contribution is 7.98. The van der Waals surface area contributed by atoms with Crippen molar-refractivity contribution in [1.29, 1.82) is 0 Å². The summed E-state index contributed by atoms with van der Waals surface area (Å²) in [5, 5.41) is 0.427. The van der Waals surface area contributed by atoms with Gasteiger partial charge in [0.25, 0.3) is 0 Å². The van der Waals surface area contributed by atoms with Crippen molar-refractivity contribution >= 4 is 23.4 Å². The predicted molar refractivity (Wildman–Crippen MR) is 80.3 cm³/mol. The highest BCUT2D eigenvalue weighted by Gasteiger charge is 2.13. The fourth-order valence-electron chi connectivity index (χ4n) is 1.92. The highest BCUT2D eigenvalue weighted by atomic mass is 35.5. The van der Waals surface area contributed by atoms with Crippen molar-refractivity contribution in [2.45, 2.75) is 17.4 Å². The number of hydrogen-bond donors (Lipinski definition) is 1. The van der Waals surface area contributed by atoms with Crippen molar-refractivity contribution in [3.8, 4) is 0 Å². The molecule has 2 N–H and O–H groups in total. The van der Waals surface area contributed by atoms with Crippen LogP contribution in [0, 0.1) is 5.82 Å². The van der Waals surface area contributed by atoms with Gasteiger partial charge in [0.1, 0.15) is 5.82 Å². The van der Waals surface area contributed by atoms with Gasteiger partial charge in [0.2, 0.25) is 0 Å². The molecule has 1 atom stereocenters. The lowest BCUT2D eigenvalue weighted by atomic mass is 9.99. The normalized spacial score (nSPS) is 12.4. The third-order valence-electron chi connectivity index (χ3n) is 3.03. The Bertz CT molecular complexity index is 536. The monoisotopic (exact) mass is 295 g/mol. The summed E-state index contributed by atoms with van der Waals surface area (Å²) in [6.07, 6.45) is 2.41. The van der Waals surface area contributed by atoms with Crippen molar-refractivity contribution < 1.29 is 4.39 Å². The topological polar surface area (TPSA) is 26.0 Å². The summed E-state index contributed by atoms with van der Waals surface area (Å²) < 4.78 is 13.7. The number of hydrogen-bond acceptors (Lipinski definition) is 2. The Morgan fingerprint density at radius 2 is 1.89 bits per heavy atom. The molecule has 0 bridgehead atoms. The molecule has 0 saturated heterocycles. The summed E-state index contributed by atoms with van der Waals surface area (Å²) in [4.78, 5) is 1.18. The first-order valence-electron chi connectivity index (χ1n) is 5.94. The molecule has 19 heavy (non-hydrogen) atoms. The number of benzene rings is 2. The van der Waals surface area contributed by atoms with Crippen LogP contribution in [0.2, 0.25) is 5.02 Å². The standard InChI is InChI=1S/C15H15ClFNS/c1-19-11-7-5-10(6-8-11)15(18)9-12-13(16)3-2-4-14(12)17/h2-8,15H,9,18H2,1H3. The first-order chi connectivity index (χ1) is 9.11. The van der Waals surface area contributed by atoms with E-state index in [4.69, 9.17) is 17.3 Å². The van der Waals surface area contributed by atoms with E-state index in [0.717, 1.165) is 5.56 Å². The molecule has 100 valence electrons. The van der Waals surface area contributed by atoms with Crippen LogP contribution in [-0.4, -0.2) is 6.26 Å². The quantitative estimate of drug-likeness (QED) is 0.844. The molecule has 2 rings (SSSR count). The van der Waals surface area contributed by atoms with E-state index in [1.807, 2.05) is 30.5 Å². The lowest BCUT2D eigenvalue weighted by molar-refractivity contribution is 0.593. The van der Waals surface area contributed by atoms with Crippen LogP contribution in [0.15, 0.2) is 47.4 Å². The summed E-state index contributed by atoms with van der Waals surface area (Å²) in [5.41, 5.74) is 7.59. The van der Waals surface area contributed by atoms with Crippen LogP contribution in [0.4, 0.5) is 4.39 Å².